The van der Waals surface area contributed by atoms with Crippen LogP contribution in [0.15, 0.2) is 0 Å². The van der Waals surface area contributed by atoms with E-state index < -0.39 is 11.5 Å². The van der Waals surface area contributed by atoms with Crippen molar-refractivity contribution in [1.82, 2.24) is 15.1 Å². The molecule has 1 aliphatic carbocycles. The van der Waals surface area contributed by atoms with Crippen LogP contribution in [0.5, 0.6) is 0 Å². The molecule has 2 N–H and O–H groups in total. The Bertz CT molecular complexity index is 380. The molecule has 1 aliphatic heterocycles. The SMILES string of the molecule is CC1CN(C(=O)NC2(C(=O)O)CCCCC2)CCN1C. The van der Waals surface area contributed by atoms with Crippen LogP contribution in [-0.4, -0.2) is 65.2 Å². The molecule has 114 valence electrons. The van der Waals surface area contributed by atoms with Crippen molar-refractivity contribution in [3.63, 3.8) is 0 Å². The number of carbonyl (C=O) groups is 2. The maximum absolute atomic E-state index is 12.4. The van der Waals surface area contributed by atoms with E-state index in [-0.39, 0.29) is 6.03 Å². The summed E-state index contributed by atoms with van der Waals surface area (Å²) in [5.74, 6) is -0.896. The van der Waals surface area contributed by atoms with Crippen LogP contribution < -0.4 is 5.32 Å². The number of carboxylic acid groups (broad SMARTS) is 1. The van der Waals surface area contributed by atoms with Crippen LogP contribution in [0.1, 0.15) is 39.0 Å². The number of carboxylic acids is 1. The lowest BCUT2D eigenvalue weighted by atomic mass is 9.82. The van der Waals surface area contributed by atoms with E-state index in [0.29, 0.717) is 32.0 Å². The van der Waals surface area contributed by atoms with Gasteiger partial charge in [-0.15, -0.1) is 0 Å². The molecule has 1 unspecified atom stereocenters. The largest absolute Gasteiger partial charge is 0.480 e. The highest BCUT2D eigenvalue weighted by molar-refractivity contribution is 5.86. The van der Waals surface area contributed by atoms with Crippen LogP contribution in [0.25, 0.3) is 0 Å². The van der Waals surface area contributed by atoms with Gasteiger partial charge in [0.05, 0.1) is 0 Å². The molecule has 6 heteroatoms. The molecule has 0 radical (unpaired) electrons. The van der Waals surface area contributed by atoms with E-state index in [0.717, 1.165) is 25.8 Å². The Balaban J connectivity index is 2.00. The number of nitrogens with zero attached hydrogens (tertiary/aromatic N) is 2. The fraction of sp³-hybridized carbons (Fsp3) is 0.857. The Morgan fingerprint density at radius 2 is 1.85 bits per heavy atom. The van der Waals surface area contributed by atoms with Gasteiger partial charge in [0.1, 0.15) is 5.54 Å². The zero-order valence-electron chi connectivity index (χ0n) is 12.4. The molecule has 1 saturated heterocycles. The van der Waals surface area contributed by atoms with E-state index in [9.17, 15) is 14.7 Å². The normalized spacial score (nSPS) is 27.1. The second-order valence-electron chi connectivity index (χ2n) is 6.15. The molecule has 2 rings (SSSR count). The van der Waals surface area contributed by atoms with Crippen molar-refractivity contribution in [2.24, 2.45) is 0 Å². The van der Waals surface area contributed by atoms with Crippen molar-refractivity contribution in [2.45, 2.75) is 50.6 Å². The average Bonchev–Trinajstić information content (AvgIpc) is 2.42. The van der Waals surface area contributed by atoms with Gasteiger partial charge < -0.3 is 20.2 Å². The highest BCUT2D eigenvalue weighted by Crippen LogP contribution is 2.28. The maximum atomic E-state index is 12.4. The molecular formula is C14H25N3O3. The van der Waals surface area contributed by atoms with E-state index in [1.54, 1.807) is 4.90 Å². The molecule has 2 aliphatic rings. The second-order valence-corrected chi connectivity index (χ2v) is 6.15. The predicted octanol–water partition coefficient (Wildman–Crippen LogP) is 1.12. The van der Waals surface area contributed by atoms with E-state index in [2.05, 4.69) is 17.1 Å². The summed E-state index contributed by atoms with van der Waals surface area (Å²) in [5.41, 5.74) is -1.05. The summed E-state index contributed by atoms with van der Waals surface area (Å²) in [5, 5.41) is 12.3. The molecule has 20 heavy (non-hydrogen) atoms. The van der Waals surface area contributed by atoms with Crippen LogP contribution in [0, 0.1) is 0 Å². The van der Waals surface area contributed by atoms with Gasteiger partial charge in [-0.25, -0.2) is 9.59 Å². The van der Waals surface area contributed by atoms with Gasteiger partial charge in [-0.1, -0.05) is 19.3 Å². The minimum absolute atomic E-state index is 0.228. The highest BCUT2D eigenvalue weighted by atomic mass is 16.4. The molecule has 0 aromatic heterocycles. The number of nitrogens with one attached hydrogen (secondary N) is 1. The fourth-order valence-electron chi connectivity index (χ4n) is 3.06. The van der Waals surface area contributed by atoms with Crippen LogP contribution in [0.2, 0.25) is 0 Å². The molecule has 0 aromatic carbocycles. The summed E-state index contributed by atoms with van der Waals surface area (Å²) in [4.78, 5) is 27.9. The van der Waals surface area contributed by atoms with E-state index in [1.807, 2.05) is 7.05 Å². The summed E-state index contributed by atoms with van der Waals surface area (Å²) in [7, 11) is 2.04. The summed E-state index contributed by atoms with van der Waals surface area (Å²) in [6.07, 6.45) is 3.86. The van der Waals surface area contributed by atoms with Crippen molar-refractivity contribution < 1.29 is 14.7 Å². The molecule has 1 heterocycles. The first kappa shape index (κ1) is 15.1. The summed E-state index contributed by atoms with van der Waals surface area (Å²) < 4.78 is 0. The Hall–Kier alpha value is -1.30. The minimum atomic E-state index is -1.05. The van der Waals surface area contributed by atoms with Gasteiger partial charge in [0.25, 0.3) is 0 Å². The number of rotatable bonds is 2. The molecule has 1 atom stereocenters. The lowest BCUT2D eigenvalue weighted by Gasteiger charge is -2.40. The third kappa shape index (κ3) is 3.06. The van der Waals surface area contributed by atoms with Gasteiger partial charge in [0, 0.05) is 25.7 Å². The number of hydrogen-bond acceptors (Lipinski definition) is 3. The van der Waals surface area contributed by atoms with Crippen LogP contribution in [-0.2, 0) is 4.79 Å². The number of carbonyl (C=O) groups excluding carboxylic acids is 1. The number of likely N-dealkylation sites (N-methyl/N-ethyl adjacent to an activating group) is 1. The van der Waals surface area contributed by atoms with Gasteiger partial charge in [0.2, 0.25) is 0 Å². The Labute approximate surface area is 120 Å². The Morgan fingerprint density at radius 1 is 1.20 bits per heavy atom. The second kappa shape index (κ2) is 5.99. The van der Waals surface area contributed by atoms with Crippen LogP contribution >= 0.6 is 0 Å². The van der Waals surface area contributed by atoms with E-state index in [1.165, 1.54) is 0 Å². The third-order valence-electron chi connectivity index (χ3n) is 4.71. The number of urea groups is 1. The Kier molecular flexibility index (Phi) is 4.52. The van der Waals surface area contributed by atoms with E-state index >= 15 is 0 Å². The van der Waals surface area contributed by atoms with Gasteiger partial charge in [-0.3, -0.25) is 0 Å². The number of piperazine rings is 1. The van der Waals surface area contributed by atoms with Crippen molar-refractivity contribution in [3.8, 4) is 0 Å². The number of aliphatic carboxylic acids is 1. The summed E-state index contributed by atoms with van der Waals surface area (Å²) >= 11 is 0. The van der Waals surface area contributed by atoms with Crippen molar-refractivity contribution in [3.05, 3.63) is 0 Å². The summed E-state index contributed by atoms with van der Waals surface area (Å²) in [6, 6.07) is 0.0795. The molecule has 6 nitrogen and oxygen atoms in total. The minimum Gasteiger partial charge on any atom is -0.480 e. The molecular weight excluding hydrogens is 258 g/mol. The molecule has 0 spiro atoms. The van der Waals surface area contributed by atoms with Crippen molar-refractivity contribution >= 4 is 12.0 Å². The van der Waals surface area contributed by atoms with E-state index in [4.69, 9.17) is 0 Å². The van der Waals surface area contributed by atoms with Gasteiger partial charge in [-0.2, -0.15) is 0 Å². The zero-order chi connectivity index (χ0) is 14.8. The van der Waals surface area contributed by atoms with Crippen LogP contribution in [0.3, 0.4) is 0 Å². The molecule has 0 aromatic rings. The first-order chi connectivity index (χ1) is 9.44. The fourth-order valence-corrected chi connectivity index (χ4v) is 3.06. The predicted molar refractivity (Wildman–Crippen MR) is 75.6 cm³/mol. The first-order valence-electron chi connectivity index (χ1n) is 7.45. The zero-order valence-corrected chi connectivity index (χ0v) is 12.4. The van der Waals surface area contributed by atoms with Crippen molar-refractivity contribution in [2.75, 3.05) is 26.7 Å². The Morgan fingerprint density at radius 3 is 2.40 bits per heavy atom. The quantitative estimate of drug-likeness (QED) is 0.796. The average molecular weight is 283 g/mol. The standard InChI is InChI=1S/C14H25N3O3/c1-11-10-17(9-8-16(11)2)13(20)15-14(12(18)19)6-4-3-5-7-14/h11H,3-10H2,1-2H3,(H,15,20)(H,18,19). The maximum Gasteiger partial charge on any atom is 0.329 e. The lowest BCUT2D eigenvalue weighted by Crippen LogP contribution is -2.62. The third-order valence-corrected chi connectivity index (χ3v) is 4.71. The topological polar surface area (TPSA) is 72.9 Å². The molecule has 2 fully saturated rings. The van der Waals surface area contributed by atoms with Crippen LogP contribution in [0.4, 0.5) is 4.79 Å². The molecule has 0 bridgehead atoms. The first-order valence-corrected chi connectivity index (χ1v) is 7.45. The van der Waals surface area contributed by atoms with Crippen molar-refractivity contribution in [1.29, 1.82) is 0 Å². The number of hydrogen-bond donors (Lipinski definition) is 2. The van der Waals surface area contributed by atoms with Gasteiger partial charge in [-0.05, 0) is 26.8 Å². The highest BCUT2D eigenvalue weighted by Gasteiger charge is 2.42. The van der Waals surface area contributed by atoms with Gasteiger partial charge >= 0.3 is 12.0 Å². The molecule has 2 amide bonds. The number of amides is 2. The summed E-state index contributed by atoms with van der Waals surface area (Å²) in [6.45, 7) is 4.21. The molecule has 1 saturated carbocycles. The monoisotopic (exact) mass is 283 g/mol. The van der Waals surface area contributed by atoms with Gasteiger partial charge in [0.15, 0.2) is 0 Å². The smallest absolute Gasteiger partial charge is 0.329 e. The lowest BCUT2D eigenvalue weighted by molar-refractivity contribution is -0.146.